The van der Waals surface area contributed by atoms with Crippen molar-refractivity contribution in [2.45, 2.75) is 82.3 Å². The Bertz CT molecular complexity index is 391. The molecule has 1 saturated heterocycles. The Morgan fingerprint density at radius 3 is 2.64 bits per heavy atom. The molecule has 0 aromatic carbocycles. The Hall–Kier alpha value is -0.0900. The molecule has 0 radical (unpaired) electrons. The first-order valence-electron chi connectivity index (χ1n) is 10.3. The van der Waals surface area contributed by atoms with Crippen LogP contribution >= 0.6 is 23.5 Å². The summed E-state index contributed by atoms with van der Waals surface area (Å²) in [5, 5.41) is 9.61. The molecule has 2 fully saturated rings. The third-order valence-electron chi connectivity index (χ3n) is 5.57. The quantitative estimate of drug-likeness (QED) is 0.312. The molecule has 25 heavy (non-hydrogen) atoms. The number of hydrogen-bond acceptors (Lipinski definition) is 3. The molecule has 1 aliphatic carbocycles. The first-order chi connectivity index (χ1) is 12.3. The van der Waals surface area contributed by atoms with Gasteiger partial charge in [-0.3, -0.25) is 4.79 Å². The number of carbonyl (C=O) groups is 1. The van der Waals surface area contributed by atoms with Gasteiger partial charge in [-0.05, 0) is 74.0 Å². The first-order valence-corrected chi connectivity index (χ1v) is 12.5. The normalized spacial score (nSPS) is 25.0. The highest BCUT2D eigenvalue weighted by Crippen LogP contribution is 2.36. The molecule has 2 aliphatic rings. The van der Waals surface area contributed by atoms with E-state index in [4.69, 9.17) is 5.11 Å². The van der Waals surface area contributed by atoms with Gasteiger partial charge in [0.25, 0.3) is 0 Å². The summed E-state index contributed by atoms with van der Waals surface area (Å²) in [5.74, 6) is 5.13. The number of carboxylic acid groups (broad SMARTS) is 1. The summed E-state index contributed by atoms with van der Waals surface area (Å²) in [4.78, 5) is 10.5. The van der Waals surface area contributed by atoms with E-state index in [1.807, 2.05) is 0 Å². The molecule has 0 unspecified atom stereocenters. The molecule has 2 rings (SSSR count). The molecule has 0 bridgehead atoms. The number of aliphatic carboxylic acids is 1. The van der Waals surface area contributed by atoms with Gasteiger partial charge in [-0.25, -0.2) is 0 Å². The third kappa shape index (κ3) is 9.42. The van der Waals surface area contributed by atoms with Crippen LogP contribution in [0.1, 0.15) is 77.0 Å². The van der Waals surface area contributed by atoms with E-state index < -0.39 is 5.97 Å². The summed E-state index contributed by atoms with van der Waals surface area (Å²) < 4.78 is 0. The number of allylic oxidation sites excluding steroid dienone is 2. The molecule has 1 N–H and O–H groups in total. The zero-order valence-electron chi connectivity index (χ0n) is 15.7. The minimum atomic E-state index is -0.678. The van der Waals surface area contributed by atoms with Crippen LogP contribution in [0, 0.1) is 11.8 Å². The van der Waals surface area contributed by atoms with Crippen LogP contribution in [0.5, 0.6) is 0 Å². The van der Waals surface area contributed by atoms with E-state index in [-0.39, 0.29) is 0 Å². The maximum atomic E-state index is 10.5. The second-order valence-corrected chi connectivity index (χ2v) is 10.2. The highest BCUT2D eigenvalue weighted by Gasteiger charge is 2.26. The largest absolute Gasteiger partial charge is 0.481 e. The molecule has 2 atom stereocenters. The van der Waals surface area contributed by atoms with Gasteiger partial charge in [0.1, 0.15) is 0 Å². The fourth-order valence-electron chi connectivity index (χ4n) is 3.97. The van der Waals surface area contributed by atoms with Crippen molar-refractivity contribution in [1.82, 2.24) is 0 Å². The molecular formula is C21H36O2S2. The van der Waals surface area contributed by atoms with Crippen LogP contribution in [0.3, 0.4) is 0 Å². The topological polar surface area (TPSA) is 37.3 Å². The van der Waals surface area contributed by atoms with Gasteiger partial charge < -0.3 is 5.11 Å². The van der Waals surface area contributed by atoms with Crippen molar-refractivity contribution in [2.75, 3.05) is 17.3 Å². The molecule has 0 aromatic rings. The average molecular weight is 385 g/mol. The van der Waals surface area contributed by atoms with Crippen LogP contribution in [-0.2, 0) is 4.79 Å². The number of carboxylic acids is 1. The fraction of sp³-hybridized carbons (Fsp3) is 0.857. The second-order valence-electron chi connectivity index (χ2n) is 7.68. The minimum absolute atomic E-state index is 0.297. The van der Waals surface area contributed by atoms with E-state index in [0.29, 0.717) is 6.42 Å². The number of thioether (sulfide) groups is 2. The summed E-state index contributed by atoms with van der Waals surface area (Å²) in [6.45, 7) is 0. The number of hydrogen-bond donors (Lipinski definition) is 1. The van der Waals surface area contributed by atoms with Gasteiger partial charge in [-0.2, -0.15) is 23.5 Å². The molecule has 4 heteroatoms. The van der Waals surface area contributed by atoms with Crippen LogP contribution < -0.4 is 0 Å². The number of rotatable bonds is 12. The van der Waals surface area contributed by atoms with Crippen LogP contribution in [0.2, 0.25) is 0 Å². The maximum absolute atomic E-state index is 10.5. The van der Waals surface area contributed by atoms with Gasteiger partial charge >= 0.3 is 5.97 Å². The predicted octanol–water partition coefficient (Wildman–Crippen LogP) is 6.40. The lowest BCUT2D eigenvalue weighted by atomic mass is 9.88. The molecule has 1 saturated carbocycles. The van der Waals surface area contributed by atoms with E-state index >= 15 is 0 Å². The highest BCUT2D eigenvalue weighted by atomic mass is 32.2. The number of unbranched alkanes of at least 4 members (excludes halogenated alkanes) is 2. The Balaban J connectivity index is 1.50. The third-order valence-corrected chi connectivity index (χ3v) is 8.37. The zero-order valence-corrected chi connectivity index (χ0v) is 17.3. The van der Waals surface area contributed by atoms with E-state index in [0.717, 1.165) is 29.9 Å². The van der Waals surface area contributed by atoms with Gasteiger partial charge in [-0.1, -0.05) is 37.8 Å². The van der Waals surface area contributed by atoms with E-state index in [1.54, 1.807) is 0 Å². The van der Waals surface area contributed by atoms with Gasteiger partial charge in [0, 0.05) is 11.7 Å². The fourth-order valence-corrected chi connectivity index (χ4v) is 6.93. The molecule has 1 aliphatic heterocycles. The van der Waals surface area contributed by atoms with Crippen molar-refractivity contribution >= 4 is 29.5 Å². The predicted molar refractivity (Wildman–Crippen MR) is 113 cm³/mol. The minimum Gasteiger partial charge on any atom is -0.481 e. The first kappa shape index (κ1) is 21.2. The van der Waals surface area contributed by atoms with Crippen LogP contribution in [0.4, 0.5) is 0 Å². The van der Waals surface area contributed by atoms with Gasteiger partial charge in [0.15, 0.2) is 0 Å². The SMILES string of the molecule is O=C(O)CCC/C=C\C[C@H]1CSC[C@H]1CCCCSC1CCCCC1. The van der Waals surface area contributed by atoms with Crippen molar-refractivity contribution in [3.8, 4) is 0 Å². The summed E-state index contributed by atoms with van der Waals surface area (Å²) >= 11 is 4.38. The van der Waals surface area contributed by atoms with Crippen LogP contribution in [0.25, 0.3) is 0 Å². The standard InChI is InChI=1S/C21H36O2S2/c22-21(23)14-7-2-1-4-10-18-16-24-17-19(18)11-8-9-15-25-20-12-5-3-6-13-20/h1,4,18-20H,2-3,5-17H2,(H,22,23)/b4-1-/t18-,19+/m0/s1. The molecule has 0 aromatic heterocycles. The summed E-state index contributed by atoms with van der Waals surface area (Å²) in [6.07, 6.45) is 19.2. The zero-order chi connectivity index (χ0) is 17.7. The smallest absolute Gasteiger partial charge is 0.303 e. The lowest BCUT2D eigenvalue weighted by molar-refractivity contribution is -0.137. The molecule has 0 amide bonds. The van der Waals surface area contributed by atoms with Crippen LogP contribution in [0.15, 0.2) is 12.2 Å². The monoisotopic (exact) mass is 384 g/mol. The second kappa shape index (κ2) is 13.1. The van der Waals surface area contributed by atoms with Crippen molar-refractivity contribution in [3.05, 3.63) is 12.2 Å². The Kier molecular flexibility index (Phi) is 11.1. The van der Waals surface area contributed by atoms with E-state index in [2.05, 4.69) is 35.7 Å². The maximum Gasteiger partial charge on any atom is 0.303 e. The summed E-state index contributed by atoms with van der Waals surface area (Å²) in [6, 6.07) is 0. The lowest BCUT2D eigenvalue weighted by Crippen LogP contribution is -2.12. The molecule has 2 nitrogen and oxygen atoms in total. The Labute approximate surface area is 163 Å². The van der Waals surface area contributed by atoms with E-state index in [9.17, 15) is 4.79 Å². The Morgan fingerprint density at radius 1 is 1.04 bits per heavy atom. The van der Waals surface area contributed by atoms with Gasteiger partial charge in [-0.15, -0.1) is 0 Å². The van der Waals surface area contributed by atoms with Gasteiger partial charge in [0.2, 0.25) is 0 Å². The summed E-state index contributed by atoms with van der Waals surface area (Å²) in [7, 11) is 0. The lowest BCUT2D eigenvalue weighted by Gasteiger charge is -2.21. The van der Waals surface area contributed by atoms with E-state index in [1.165, 1.54) is 75.0 Å². The average Bonchev–Trinajstić information content (AvgIpc) is 3.06. The van der Waals surface area contributed by atoms with Crippen molar-refractivity contribution < 1.29 is 9.90 Å². The van der Waals surface area contributed by atoms with Crippen molar-refractivity contribution in [3.63, 3.8) is 0 Å². The highest BCUT2D eigenvalue weighted by molar-refractivity contribution is 8.00. The molecule has 144 valence electrons. The Morgan fingerprint density at radius 2 is 1.84 bits per heavy atom. The van der Waals surface area contributed by atoms with Crippen LogP contribution in [-0.4, -0.2) is 33.6 Å². The summed E-state index contributed by atoms with van der Waals surface area (Å²) in [5.41, 5.74) is 0. The molecule has 1 heterocycles. The molecular weight excluding hydrogens is 348 g/mol. The van der Waals surface area contributed by atoms with Crippen molar-refractivity contribution in [2.24, 2.45) is 11.8 Å². The van der Waals surface area contributed by atoms with Gasteiger partial charge in [0.05, 0.1) is 0 Å². The molecule has 0 spiro atoms. The van der Waals surface area contributed by atoms with Crippen molar-refractivity contribution in [1.29, 1.82) is 0 Å².